The molecule has 3 heteroatoms. The van der Waals surface area contributed by atoms with Crippen molar-refractivity contribution in [2.24, 2.45) is 0 Å². The number of hydrogen-bond donors (Lipinski definition) is 0. The molecule has 1 fully saturated rings. The predicted octanol–water partition coefficient (Wildman–Crippen LogP) is 3.65. The average Bonchev–Trinajstić information content (AvgIpc) is 2.89. The van der Waals surface area contributed by atoms with E-state index in [9.17, 15) is 0 Å². The van der Waals surface area contributed by atoms with Crippen LogP contribution in [0.3, 0.4) is 0 Å². The first-order chi connectivity index (χ1) is 9.19. The first kappa shape index (κ1) is 14.7. The standard InChI is InChI=1S/C16H25ClN2/c1-4-18(5-2)15-8-9-19(12-15)16-7-6-13(3)10-14(16)11-17/h6-7,10,15H,4-5,8-9,11-12H2,1-3H3. The number of anilines is 1. The second-order valence-electron chi connectivity index (χ2n) is 5.38. The number of hydrogen-bond acceptors (Lipinski definition) is 2. The Balaban J connectivity index is 2.12. The van der Waals surface area contributed by atoms with E-state index < -0.39 is 0 Å². The lowest BCUT2D eigenvalue weighted by molar-refractivity contribution is 0.232. The van der Waals surface area contributed by atoms with Crippen LogP contribution in [0, 0.1) is 6.92 Å². The van der Waals surface area contributed by atoms with Crippen molar-refractivity contribution in [1.29, 1.82) is 0 Å². The van der Waals surface area contributed by atoms with Crippen LogP contribution in [0.2, 0.25) is 0 Å². The molecule has 2 nitrogen and oxygen atoms in total. The Labute approximate surface area is 122 Å². The Hall–Kier alpha value is -0.730. The monoisotopic (exact) mass is 280 g/mol. The first-order valence-electron chi connectivity index (χ1n) is 7.34. The molecular weight excluding hydrogens is 256 g/mol. The molecular formula is C16H25ClN2. The number of halogens is 1. The molecule has 0 aliphatic carbocycles. The normalized spacial score (nSPS) is 19.4. The van der Waals surface area contributed by atoms with Crippen LogP contribution in [-0.4, -0.2) is 37.1 Å². The van der Waals surface area contributed by atoms with Crippen LogP contribution in [0.25, 0.3) is 0 Å². The van der Waals surface area contributed by atoms with Crippen LogP contribution in [-0.2, 0) is 5.88 Å². The molecule has 0 N–H and O–H groups in total. The van der Waals surface area contributed by atoms with Crippen LogP contribution in [0.1, 0.15) is 31.4 Å². The van der Waals surface area contributed by atoms with Crippen LogP contribution in [0.15, 0.2) is 18.2 Å². The minimum absolute atomic E-state index is 0.601. The summed E-state index contributed by atoms with van der Waals surface area (Å²) in [4.78, 5) is 5.06. The summed E-state index contributed by atoms with van der Waals surface area (Å²) >= 11 is 6.10. The van der Waals surface area contributed by atoms with Crippen molar-refractivity contribution in [2.45, 2.75) is 39.1 Å². The van der Waals surface area contributed by atoms with Crippen molar-refractivity contribution in [3.8, 4) is 0 Å². The van der Waals surface area contributed by atoms with Crippen molar-refractivity contribution < 1.29 is 0 Å². The minimum atomic E-state index is 0.601. The van der Waals surface area contributed by atoms with E-state index in [1.54, 1.807) is 0 Å². The van der Waals surface area contributed by atoms with Gasteiger partial charge in [-0.25, -0.2) is 0 Å². The molecule has 1 unspecified atom stereocenters. The largest absolute Gasteiger partial charge is 0.370 e. The Morgan fingerprint density at radius 3 is 2.68 bits per heavy atom. The highest BCUT2D eigenvalue weighted by atomic mass is 35.5. The van der Waals surface area contributed by atoms with E-state index in [1.807, 2.05) is 0 Å². The van der Waals surface area contributed by atoms with Crippen molar-refractivity contribution in [3.63, 3.8) is 0 Å². The summed E-state index contributed by atoms with van der Waals surface area (Å²) in [6.07, 6.45) is 1.26. The molecule has 0 saturated carbocycles. The van der Waals surface area contributed by atoms with E-state index >= 15 is 0 Å². The molecule has 19 heavy (non-hydrogen) atoms. The van der Waals surface area contributed by atoms with Gasteiger partial charge in [-0.2, -0.15) is 0 Å². The molecule has 0 bridgehead atoms. The Kier molecular flexibility index (Phi) is 5.12. The van der Waals surface area contributed by atoms with Gasteiger partial charge in [0, 0.05) is 30.7 Å². The van der Waals surface area contributed by atoms with Gasteiger partial charge in [0.25, 0.3) is 0 Å². The van der Waals surface area contributed by atoms with E-state index in [0.29, 0.717) is 11.9 Å². The fourth-order valence-electron chi connectivity index (χ4n) is 3.13. The number of likely N-dealkylation sites (N-methyl/N-ethyl adjacent to an activating group) is 1. The van der Waals surface area contributed by atoms with Crippen molar-refractivity contribution in [3.05, 3.63) is 29.3 Å². The van der Waals surface area contributed by atoms with E-state index in [0.717, 1.165) is 26.2 Å². The Morgan fingerprint density at radius 1 is 1.32 bits per heavy atom. The molecule has 0 radical (unpaired) electrons. The molecule has 106 valence electrons. The van der Waals surface area contributed by atoms with Gasteiger partial charge in [-0.1, -0.05) is 31.5 Å². The number of aryl methyl sites for hydroxylation is 1. The molecule has 1 aromatic rings. The average molecular weight is 281 g/mol. The molecule has 0 amide bonds. The van der Waals surface area contributed by atoms with E-state index in [-0.39, 0.29) is 0 Å². The van der Waals surface area contributed by atoms with Crippen LogP contribution in [0.4, 0.5) is 5.69 Å². The fourth-order valence-corrected chi connectivity index (χ4v) is 3.34. The summed E-state index contributed by atoms with van der Waals surface area (Å²) in [6, 6.07) is 7.33. The third-order valence-corrected chi connectivity index (χ3v) is 4.50. The summed E-state index contributed by atoms with van der Waals surface area (Å²) < 4.78 is 0. The second kappa shape index (κ2) is 6.62. The number of benzene rings is 1. The van der Waals surface area contributed by atoms with Gasteiger partial charge in [-0.05, 0) is 38.1 Å². The third kappa shape index (κ3) is 3.24. The number of nitrogens with zero attached hydrogens (tertiary/aromatic N) is 2. The molecule has 1 aliphatic heterocycles. The maximum Gasteiger partial charge on any atom is 0.0494 e. The highest BCUT2D eigenvalue weighted by molar-refractivity contribution is 6.17. The van der Waals surface area contributed by atoms with E-state index in [4.69, 9.17) is 11.6 Å². The second-order valence-corrected chi connectivity index (χ2v) is 5.64. The highest BCUT2D eigenvalue weighted by Gasteiger charge is 2.27. The summed E-state index contributed by atoms with van der Waals surface area (Å²) in [5.41, 5.74) is 3.89. The number of alkyl halides is 1. The zero-order valence-electron chi connectivity index (χ0n) is 12.3. The smallest absolute Gasteiger partial charge is 0.0494 e. The fraction of sp³-hybridized carbons (Fsp3) is 0.625. The SMILES string of the molecule is CCN(CC)C1CCN(c2ccc(C)cc2CCl)C1. The molecule has 2 rings (SSSR count). The van der Waals surface area contributed by atoms with Crippen LogP contribution in [0.5, 0.6) is 0 Å². The molecule has 1 aliphatic rings. The van der Waals surface area contributed by atoms with Crippen LogP contribution < -0.4 is 4.90 Å². The summed E-state index contributed by atoms with van der Waals surface area (Å²) in [6.45, 7) is 11.2. The Bertz CT molecular complexity index is 415. The predicted molar refractivity (Wildman–Crippen MR) is 84.3 cm³/mol. The molecule has 1 aromatic carbocycles. The van der Waals surface area contributed by atoms with Gasteiger partial charge >= 0.3 is 0 Å². The highest BCUT2D eigenvalue weighted by Crippen LogP contribution is 2.28. The lowest BCUT2D eigenvalue weighted by Crippen LogP contribution is -2.37. The molecule has 1 saturated heterocycles. The van der Waals surface area contributed by atoms with Crippen molar-refractivity contribution in [2.75, 3.05) is 31.1 Å². The molecule has 1 atom stereocenters. The van der Waals surface area contributed by atoms with Gasteiger partial charge in [0.1, 0.15) is 0 Å². The lowest BCUT2D eigenvalue weighted by Gasteiger charge is -2.27. The van der Waals surface area contributed by atoms with E-state index in [1.165, 1.54) is 23.2 Å². The topological polar surface area (TPSA) is 6.48 Å². The van der Waals surface area contributed by atoms with Gasteiger partial charge in [-0.3, -0.25) is 4.90 Å². The third-order valence-electron chi connectivity index (χ3n) is 4.21. The van der Waals surface area contributed by atoms with Crippen LogP contribution >= 0.6 is 11.6 Å². The first-order valence-corrected chi connectivity index (χ1v) is 7.87. The Morgan fingerprint density at radius 2 is 2.05 bits per heavy atom. The van der Waals surface area contributed by atoms with Gasteiger partial charge in [0.2, 0.25) is 0 Å². The zero-order valence-corrected chi connectivity index (χ0v) is 13.1. The van der Waals surface area contributed by atoms with E-state index in [2.05, 4.69) is 48.8 Å². The van der Waals surface area contributed by atoms with Crippen molar-refractivity contribution >= 4 is 17.3 Å². The summed E-state index contributed by atoms with van der Waals surface area (Å²) in [5, 5.41) is 0. The van der Waals surface area contributed by atoms with Gasteiger partial charge in [-0.15, -0.1) is 11.6 Å². The zero-order chi connectivity index (χ0) is 13.8. The molecule has 0 aromatic heterocycles. The quantitative estimate of drug-likeness (QED) is 0.760. The van der Waals surface area contributed by atoms with Gasteiger partial charge < -0.3 is 4.90 Å². The maximum absolute atomic E-state index is 6.10. The molecule has 1 heterocycles. The lowest BCUT2D eigenvalue weighted by atomic mass is 10.1. The number of rotatable bonds is 5. The van der Waals surface area contributed by atoms with Gasteiger partial charge in [0.05, 0.1) is 0 Å². The maximum atomic E-state index is 6.10. The molecule has 0 spiro atoms. The van der Waals surface area contributed by atoms with Gasteiger partial charge in [0.15, 0.2) is 0 Å². The minimum Gasteiger partial charge on any atom is -0.370 e. The summed E-state index contributed by atoms with van der Waals surface area (Å²) in [7, 11) is 0. The summed E-state index contributed by atoms with van der Waals surface area (Å²) in [5.74, 6) is 0.601. The van der Waals surface area contributed by atoms with Crippen molar-refractivity contribution in [1.82, 2.24) is 4.90 Å².